The van der Waals surface area contributed by atoms with Crippen LogP contribution in [-0.4, -0.2) is 33.5 Å². The number of nitrogens with one attached hydrogen (secondary N) is 2. The Balaban J connectivity index is 1.87. The van der Waals surface area contributed by atoms with E-state index in [1.54, 1.807) is 12.1 Å². The highest BCUT2D eigenvalue weighted by Gasteiger charge is 2.29. The van der Waals surface area contributed by atoms with Gasteiger partial charge >= 0.3 is 0 Å². The Labute approximate surface area is 129 Å². The third-order valence-corrected chi connectivity index (χ3v) is 6.44. The van der Waals surface area contributed by atoms with Crippen molar-refractivity contribution < 1.29 is 13.2 Å². The average molecular weight is 331 g/mol. The van der Waals surface area contributed by atoms with Gasteiger partial charge in [-0.15, -0.1) is 11.3 Å². The third kappa shape index (κ3) is 5.06. The van der Waals surface area contributed by atoms with E-state index in [0.717, 1.165) is 17.7 Å². The fourth-order valence-electron chi connectivity index (χ4n) is 1.97. The van der Waals surface area contributed by atoms with Crippen molar-refractivity contribution in [2.24, 2.45) is 11.7 Å². The molecule has 1 atom stereocenters. The topological polar surface area (TPSA) is 101 Å². The summed E-state index contributed by atoms with van der Waals surface area (Å²) in [5.41, 5.74) is 5.90. The van der Waals surface area contributed by atoms with Gasteiger partial charge in [-0.2, -0.15) is 0 Å². The lowest BCUT2D eigenvalue weighted by atomic mass is 10.2. The number of nitrogens with two attached hydrogens (primary N) is 1. The minimum atomic E-state index is -3.48. The molecule has 1 aliphatic rings. The molecule has 1 aromatic heterocycles. The highest BCUT2D eigenvalue weighted by atomic mass is 32.2. The first-order valence-corrected chi connectivity index (χ1v) is 9.27. The van der Waals surface area contributed by atoms with E-state index < -0.39 is 10.0 Å². The largest absolute Gasteiger partial charge is 0.356 e. The molecule has 0 aromatic carbocycles. The lowest BCUT2D eigenvalue weighted by Crippen LogP contribution is -2.38. The Bertz CT molecular complexity index is 594. The Hall–Kier alpha value is -0.960. The van der Waals surface area contributed by atoms with Crippen LogP contribution in [-0.2, 0) is 21.2 Å². The predicted octanol–water partition coefficient (Wildman–Crippen LogP) is 0.442. The molecule has 1 fully saturated rings. The van der Waals surface area contributed by atoms with Crippen molar-refractivity contribution in [2.75, 3.05) is 13.1 Å². The van der Waals surface area contributed by atoms with Gasteiger partial charge in [0.1, 0.15) is 4.21 Å². The molecular formula is C13H21N3O3S2. The quantitative estimate of drug-likeness (QED) is 0.643. The molecule has 1 saturated carbocycles. The molecule has 4 N–H and O–H groups in total. The maximum Gasteiger partial charge on any atom is 0.250 e. The molecule has 8 heteroatoms. The summed E-state index contributed by atoms with van der Waals surface area (Å²) in [5.74, 6) is 0.374. The molecule has 6 nitrogen and oxygen atoms in total. The number of rotatable bonds is 8. The van der Waals surface area contributed by atoms with Crippen LogP contribution in [0.1, 0.15) is 24.6 Å². The molecule has 0 radical (unpaired) electrons. The van der Waals surface area contributed by atoms with E-state index in [0.29, 0.717) is 23.1 Å². The number of thiophene rings is 1. The van der Waals surface area contributed by atoms with Crippen molar-refractivity contribution in [3.05, 3.63) is 17.0 Å². The molecule has 1 unspecified atom stereocenters. The van der Waals surface area contributed by atoms with E-state index in [1.165, 1.54) is 18.3 Å². The molecule has 1 heterocycles. The van der Waals surface area contributed by atoms with Crippen molar-refractivity contribution in [2.45, 2.75) is 36.4 Å². The van der Waals surface area contributed by atoms with Crippen molar-refractivity contribution in [1.82, 2.24) is 10.0 Å². The fourth-order valence-corrected chi connectivity index (χ4v) is 4.44. The minimum Gasteiger partial charge on any atom is -0.356 e. The van der Waals surface area contributed by atoms with E-state index in [-0.39, 0.29) is 18.5 Å². The summed E-state index contributed by atoms with van der Waals surface area (Å²) in [7, 11) is -3.48. The number of sulfonamides is 1. The van der Waals surface area contributed by atoms with Crippen molar-refractivity contribution in [3.63, 3.8) is 0 Å². The van der Waals surface area contributed by atoms with Crippen LogP contribution < -0.4 is 15.8 Å². The second-order valence-electron chi connectivity index (χ2n) is 5.31. The lowest BCUT2D eigenvalue weighted by Gasteiger charge is -2.10. The molecule has 118 valence electrons. The monoisotopic (exact) mass is 331 g/mol. The summed E-state index contributed by atoms with van der Waals surface area (Å²) in [5, 5.41) is 2.69. The number of carbonyl (C=O) groups excluding carboxylic acids is 1. The zero-order valence-corrected chi connectivity index (χ0v) is 13.6. The predicted molar refractivity (Wildman–Crippen MR) is 82.6 cm³/mol. The van der Waals surface area contributed by atoms with Gasteiger partial charge in [0.15, 0.2) is 0 Å². The fraction of sp³-hybridized carbons (Fsp3) is 0.615. The lowest BCUT2D eigenvalue weighted by molar-refractivity contribution is -0.118. The number of amides is 1. The Morgan fingerprint density at radius 2 is 2.19 bits per heavy atom. The van der Waals surface area contributed by atoms with Gasteiger partial charge in [0.25, 0.3) is 0 Å². The smallest absolute Gasteiger partial charge is 0.250 e. The second kappa shape index (κ2) is 6.87. The summed E-state index contributed by atoms with van der Waals surface area (Å²) in [4.78, 5) is 11.7. The molecule has 0 aliphatic heterocycles. The van der Waals surface area contributed by atoms with Gasteiger partial charge in [0.2, 0.25) is 15.9 Å². The molecule has 0 spiro atoms. The average Bonchev–Trinajstić information content (AvgIpc) is 3.15. The van der Waals surface area contributed by atoms with Crippen molar-refractivity contribution in [1.29, 1.82) is 0 Å². The van der Waals surface area contributed by atoms with E-state index >= 15 is 0 Å². The third-order valence-electron chi connectivity index (χ3n) is 3.38. The van der Waals surface area contributed by atoms with Crippen LogP contribution in [0.25, 0.3) is 0 Å². The van der Waals surface area contributed by atoms with E-state index in [9.17, 15) is 13.2 Å². The van der Waals surface area contributed by atoms with Gasteiger partial charge in [-0.25, -0.2) is 13.1 Å². The first-order chi connectivity index (χ1) is 9.88. The summed E-state index contributed by atoms with van der Waals surface area (Å²) < 4.78 is 27.2. The molecule has 0 bridgehead atoms. The molecule has 2 rings (SSSR count). The first-order valence-electron chi connectivity index (χ1n) is 6.97. The minimum absolute atomic E-state index is 0.0878. The molecule has 1 aliphatic carbocycles. The van der Waals surface area contributed by atoms with Crippen LogP contribution in [0.4, 0.5) is 0 Å². The van der Waals surface area contributed by atoms with E-state index in [1.807, 2.05) is 0 Å². The van der Waals surface area contributed by atoms with Gasteiger partial charge in [0, 0.05) is 30.9 Å². The van der Waals surface area contributed by atoms with Crippen LogP contribution in [0.5, 0.6) is 0 Å². The standard InChI is InChI=1S/C13H21N3O3S2/c1-9(17)15-7-6-11-4-5-13(20-11)21(18,19)16-8-12(14)10-2-3-10/h4-5,10,12,16H,2-3,6-8,14H2,1H3,(H,15,17). The zero-order chi connectivity index (χ0) is 15.5. The highest BCUT2D eigenvalue weighted by Crippen LogP contribution is 2.31. The Morgan fingerprint density at radius 3 is 2.81 bits per heavy atom. The zero-order valence-electron chi connectivity index (χ0n) is 12.0. The summed E-state index contributed by atoms with van der Waals surface area (Å²) in [6, 6.07) is 3.28. The van der Waals surface area contributed by atoms with Gasteiger partial charge < -0.3 is 11.1 Å². The van der Waals surface area contributed by atoms with Gasteiger partial charge in [-0.05, 0) is 37.3 Å². The van der Waals surface area contributed by atoms with Gasteiger partial charge in [0.05, 0.1) is 0 Å². The molecule has 1 aromatic rings. The first kappa shape index (κ1) is 16.4. The molecule has 1 amide bonds. The number of hydrogen-bond acceptors (Lipinski definition) is 5. The van der Waals surface area contributed by atoms with Crippen molar-refractivity contribution >= 4 is 27.3 Å². The summed E-state index contributed by atoms with van der Waals surface area (Å²) in [6.45, 7) is 2.25. The molecule has 21 heavy (non-hydrogen) atoms. The summed E-state index contributed by atoms with van der Waals surface area (Å²) in [6.07, 6.45) is 2.81. The van der Waals surface area contributed by atoms with Crippen LogP contribution in [0.3, 0.4) is 0 Å². The normalized spacial score (nSPS) is 16.7. The van der Waals surface area contributed by atoms with Crippen LogP contribution in [0.15, 0.2) is 16.3 Å². The van der Waals surface area contributed by atoms with Crippen LogP contribution in [0, 0.1) is 5.92 Å². The van der Waals surface area contributed by atoms with Crippen LogP contribution >= 0.6 is 11.3 Å². The molecular weight excluding hydrogens is 310 g/mol. The Morgan fingerprint density at radius 1 is 1.48 bits per heavy atom. The van der Waals surface area contributed by atoms with Gasteiger partial charge in [-0.3, -0.25) is 4.79 Å². The van der Waals surface area contributed by atoms with E-state index in [2.05, 4.69) is 10.0 Å². The number of hydrogen-bond donors (Lipinski definition) is 3. The molecule has 0 saturated heterocycles. The maximum atomic E-state index is 12.1. The highest BCUT2D eigenvalue weighted by molar-refractivity contribution is 7.91. The SMILES string of the molecule is CC(=O)NCCc1ccc(S(=O)(=O)NCC(N)C2CC2)s1. The number of carbonyl (C=O) groups is 1. The Kier molecular flexibility index (Phi) is 5.37. The van der Waals surface area contributed by atoms with E-state index in [4.69, 9.17) is 5.73 Å². The second-order valence-corrected chi connectivity index (χ2v) is 8.47. The van der Waals surface area contributed by atoms with Gasteiger partial charge in [-0.1, -0.05) is 0 Å². The summed E-state index contributed by atoms with van der Waals surface area (Å²) >= 11 is 1.22. The van der Waals surface area contributed by atoms with Crippen LogP contribution in [0.2, 0.25) is 0 Å². The maximum absolute atomic E-state index is 12.1. The van der Waals surface area contributed by atoms with Crippen molar-refractivity contribution in [3.8, 4) is 0 Å².